The molecule has 0 saturated carbocycles. The number of carbonyl (C=O) groups is 2. The molecule has 24 heavy (non-hydrogen) atoms. The van der Waals surface area contributed by atoms with E-state index in [0.29, 0.717) is 36.9 Å². The van der Waals surface area contributed by atoms with Gasteiger partial charge in [0.15, 0.2) is 11.5 Å². The molecule has 0 aromatic heterocycles. The highest BCUT2D eigenvalue weighted by Crippen LogP contribution is 2.35. The van der Waals surface area contributed by atoms with E-state index in [1.165, 1.54) is 6.08 Å². The topological polar surface area (TPSA) is 88.1 Å². The molecule has 0 radical (unpaired) electrons. The van der Waals surface area contributed by atoms with Crippen molar-refractivity contribution in [2.24, 2.45) is 5.92 Å². The highest BCUT2D eigenvalue weighted by Gasteiger charge is 2.36. The third-order valence-corrected chi connectivity index (χ3v) is 4.14. The second kappa shape index (κ2) is 6.92. The summed E-state index contributed by atoms with van der Waals surface area (Å²) in [6, 6.07) is 4.80. The second-order valence-electron chi connectivity index (χ2n) is 5.77. The molecule has 2 N–H and O–H groups in total. The van der Waals surface area contributed by atoms with E-state index in [4.69, 9.17) is 14.6 Å². The van der Waals surface area contributed by atoms with Gasteiger partial charge < -0.3 is 24.8 Å². The van der Waals surface area contributed by atoms with Crippen LogP contribution in [-0.2, 0) is 9.59 Å². The maximum absolute atomic E-state index is 12.3. The van der Waals surface area contributed by atoms with E-state index in [9.17, 15) is 9.59 Å². The molecular weight excluding hydrogens is 312 g/mol. The molecule has 2 heterocycles. The van der Waals surface area contributed by atoms with Crippen LogP contribution in [0.3, 0.4) is 0 Å². The van der Waals surface area contributed by atoms with Crippen LogP contribution < -0.4 is 19.7 Å². The molecule has 128 valence electrons. The molecular formula is C17H20N2O5. The van der Waals surface area contributed by atoms with Gasteiger partial charge in [0.25, 0.3) is 0 Å². The Balaban J connectivity index is 1.71. The number of fused-ring (bicyclic) bond motifs is 1. The predicted octanol–water partition coefficient (Wildman–Crippen LogP) is 0.474. The Morgan fingerprint density at radius 1 is 1.42 bits per heavy atom. The standard InChI is InChI=1S/C17H20N2O5/c1-2-12(10-20)18-17(22)11-7-16(21)19(9-11)13-3-4-14-15(8-13)24-6-5-23-14/h2-4,8,11-12,20H,1,5-7,9-10H2,(H,18,22)/t11-,12+/m1/s1. The number of anilines is 1. The van der Waals surface area contributed by atoms with Gasteiger partial charge in [-0.15, -0.1) is 6.58 Å². The van der Waals surface area contributed by atoms with Crippen molar-refractivity contribution in [1.29, 1.82) is 0 Å². The SMILES string of the molecule is C=C[C@@H](CO)NC(=O)[C@@H]1CC(=O)N(c2ccc3c(c2)OCCO3)C1. The summed E-state index contributed by atoms with van der Waals surface area (Å²) < 4.78 is 11.0. The van der Waals surface area contributed by atoms with Crippen molar-refractivity contribution < 1.29 is 24.2 Å². The van der Waals surface area contributed by atoms with Crippen LogP contribution in [0.25, 0.3) is 0 Å². The number of rotatable bonds is 5. The summed E-state index contributed by atoms with van der Waals surface area (Å²) in [6.07, 6.45) is 1.60. The third-order valence-electron chi connectivity index (χ3n) is 4.14. The van der Waals surface area contributed by atoms with Crippen LogP contribution >= 0.6 is 0 Å². The first-order chi connectivity index (χ1) is 11.6. The van der Waals surface area contributed by atoms with Gasteiger partial charge in [-0.25, -0.2) is 0 Å². The van der Waals surface area contributed by atoms with Gasteiger partial charge in [0.2, 0.25) is 11.8 Å². The molecule has 2 atom stereocenters. The van der Waals surface area contributed by atoms with E-state index in [1.807, 2.05) is 0 Å². The second-order valence-corrected chi connectivity index (χ2v) is 5.77. The summed E-state index contributed by atoms with van der Waals surface area (Å²) in [5, 5.41) is 11.8. The van der Waals surface area contributed by atoms with Crippen LogP contribution in [0.1, 0.15) is 6.42 Å². The highest BCUT2D eigenvalue weighted by atomic mass is 16.6. The van der Waals surface area contributed by atoms with Crippen molar-refractivity contribution in [1.82, 2.24) is 5.32 Å². The average Bonchev–Trinajstić information content (AvgIpc) is 3.01. The maximum atomic E-state index is 12.3. The molecule has 1 aromatic carbocycles. The number of nitrogens with one attached hydrogen (secondary N) is 1. The fraction of sp³-hybridized carbons (Fsp3) is 0.412. The van der Waals surface area contributed by atoms with Crippen molar-refractivity contribution in [2.75, 3.05) is 31.3 Å². The third kappa shape index (κ3) is 3.21. The summed E-state index contributed by atoms with van der Waals surface area (Å²) in [7, 11) is 0. The Hall–Kier alpha value is -2.54. The number of carbonyl (C=O) groups excluding carboxylic acids is 2. The van der Waals surface area contributed by atoms with Crippen LogP contribution in [0.5, 0.6) is 11.5 Å². The molecule has 0 aliphatic carbocycles. The number of aliphatic hydroxyl groups is 1. The summed E-state index contributed by atoms with van der Waals surface area (Å²) in [5.74, 6) is 0.419. The van der Waals surface area contributed by atoms with Crippen LogP contribution in [-0.4, -0.2) is 49.3 Å². The molecule has 1 aromatic rings. The van der Waals surface area contributed by atoms with Gasteiger partial charge in [0.05, 0.1) is 18.6 Å². The largest absolute Gasteiger partial charge is 0.486 e. The van der Waals surface area contributed by atoms with E-state index < -0.39 is 12.0 Å². The maximum Gasteiger partial charge on any atom is 0.227 e. The number of benzene rings is 1. The Kier molecular flexibility index (Phi) is 4.71. The number of amides is 2. The van der Waals surface area contributed by atoms with Gasteiger partial charge >= 0.3 is 0 Å². The summed E-state index contributed by atoms with van der Waals surface area (Å²) in [4.78, 5) is 26.1. The van der Waals surface area contributed by atoms with Gasteiger partial charge in [-0.05, 0) is 12.1 Å². The fourth-order valence-corrected chi connectivity index (χ4v) is 2.81. The minimum Gasteiger partial charge on any atom is -0.486 e. The van der Waals surface area contributed by atoms with Gasteiger partial charge in [0, 0.05) is 24.7 Å². The number of nitrogens with zero attached hydrogens (tertiary/aromatic N) is 1. The van der Waals surface area contributed by atoms with Gasteiger partial charge in [-0.3, -0.25) is 9.59 Å². The van der Waals surface area contributed by atoms with E-state index in [2.05, 4.69) is 11.9 Å². The zero-order valence-electron chi connectivity index (χ0n) is 13.2. The van der Waals surface area contributed by atoms with Crippen molar-refractivity contribution in [3.05, 3.63) is 30.9 Å². The van der Waals surface area contributed by atoms with E-state index in [-0.39, 0.29) is 24.8 Å². The minimum absolute atomic E-state index is 0.119. The van der Waals surface area contributed by atoms with Crippen molar-refractivity contribution in [3.63, 3.8) is 0 Å². The van der Waals surface area contributed by atoms with E-state index in [1.54, 1.807) is 23.1 Å². The smallest absolute Gasteiger partial charge is 0.227 e. The molecule has 0 spiro atoms. The molecule has 0 unspecified atom stereocenters. The summed E-state index contributed by atoms with van der Waals surface area (Å²) in [6.45, 7) is 4.60. The Morgan fingerprint density at radius 3 is 2.88 bits per heavy atom. The lowest BCUT2D eigenvalue weighted by atomic mass is 10.1. The number of aliphatic hydroxyl groups excluding tert-OH is 1. The summed E-state index contributed by atoms with van der Waals surface area (Å²) >= 11 is 0. The number of ether oxygens (including phenoxy) is 2. The van der Waals surface area contributed by atoms with Crippen molar-refractivity contribution >= 4 is 17.5 Å². The number of hydrogen-bond acceptors (Lipinski definition) is 5. The first-order valence-corrected chi connectivity index (χ1v) is 7.86. The Morgan fingerprint density at radius 2 is 2.17 bits per heavy atom. The lowest BCUT2D eigenvalue weighted by Gasteiger charge is -2.22. The predicted molar refractivity (Wildman–Crippen MR) is 87.1 cm³/mol. The van der Waals surface area contributed by atoms with Crippen molar-refractivity contribution in [2.45, 2.75) is 12.5 Å². The Labute approximate surface area is 139 Å². The van der Waals surface area contributed by atoms with Gasteiger partial charge in [-0.1, -0.05) is 6.08 Å². The molecule has 2 amide bonds. The number of hydrogen-bond donors (Lipinski definition) is 2. The quantitative estimate of drug-likeness (QED) is 0.766. The lowest BCUT2D eigenvalue weighted by Crippen LogP contribution is -2.40. The average molecular weight is 332 g/mol. The molecule has 2 aliphatic rings. The first kappa shape index (κ1) is 16.3. The van der Waals surface area contributed by atoms with Crippen LogP contribution in [0.4, 0.5) is 5.69 Å². The van der Waals surface area contributed by atoms with Crippen LogP contribution in [0, 0.1) is 5.92 Å². The molecule has 7 nitrogen and oxygen atoms in total. The van der Waals surface area contributed by atoms with E-state index >= 15 is 0 Å². The fourth-order valence-electron chi connectivity index (χ4n) is 2.81. The molecule has 7 heteroatoms. The monoisotopic (exact) mass is 332 g/mol. The molecule has 0 bridgehead atoms. The molecule has 1 fully saturated rings. The first-order valence-electron chi connectivity index (χ1n) is 7.86. The minimum atomic E-state index is -0.504. The van der Waals surface area contributed by atoms with Gasteiger partial charge in [-0.2, -0.15) is 0 Å². The normalized spacial score (nSPS) is 20.6. The van der Waals surface area contributed by atoms with Crippen molar-refractivity contribution in [3.8, 4) is 11.5 Å². The highest BCUT2D eigenvalue weighted by molar-refractivity contribution is 6.00. The molecule has 3 rings (SSSR count). The van der Waals surface area contributed by atoms with Crippen LogP contribution in [0.15, 0.2) is 30.9 Å². The zero-order valence-corrected chi connectivity index (χ0v) is 13.2. The van der Waals surface area contributed by atoms with Gasteiger partial charge in [0.1, 0.15) is 13.2 Å². The van der Waals surface area contributed by atoms with Crippen LogP contribution in [0.2, 0.25) is 0 Å². The zero-order chi connectivity index (χ0) is 17.1. The molecule has 2 aliphatic heterocycles. The summed E-state index contributed by atoms with van der Waals surface area (Å²) in [5.41, 5.74) is 0.682. The molecule has 1 saturated heterocycles. The lowest BCUT2D eigenvalue weighted by molar-refractivity contribution is -0.126. The van der Waals surface area contributed by atoms with E-state index in [0.717, 1.165) is 0 Å². The Bertz CT molecular complexity index is 660.